The minimum absolute atomic E-state index is 0.0555. The Bertz CT molecular complexity index is 1320. The molecule has 0 radical (unpaired) electrons. The second kappa shape index (κ2) is 11.7. The molecule has 3 aromatic carbocycles. The second-order valence-electron chi connectivity index (χ2n) is 10.4. The van der Waals surface area contributed by atoms with E-state index >= 15 is 0 Å². The Kier molecular flexibility index (Phi) is 8.17. The highest BCUT2D eigenvalue weighted by Gasteiger charge is 2.45. The van der Waals surface area contributed by atoms with Crippen molar-refractivity contribution in [3.05, 3.63) is 89.0 Å². The highest BCUT2D eigenvalue weighted by molar-refractivity contribution is 7.98. The number of hydrogen-bond acceptors (Lipinski definition) is 5. The van der Waals surface area contributed by atoms with Gasteiger partial charge in [0, 0.05) is 30.6 Å². The number of fused-ring (bicyclic) bond motifs is 1. The molecule has 5 rings (SSSR count). The van der Waals surface area contributed by atoms with Crippen molar-refractivity contribution >= 4 is 23.6 Å². The quantitative estimate of drug-likeness (QED) is 0.351. The van der Waals surface area contributed by atoms with Crippen LogP contribution in [0.25, 0.3) is 0 Å². The normalized spacial score (nSPS) is 19.5. The van der Waals surface area contributed by atoms with Gasteiger partial charge in [0.1, 0.15) is 0 Å². The van der Waals surface area contributed by atoms with E-state index < -0.39 is 12.0 Å². The van der Waals surface area contributed by atoms with E-state index in [1.54, 1.807) is 44.0 Å². The summed E-state index contributed by atoms with van der Waals surface area (Å²) in [5, 5.41) is 0. The third kappa shape index (κ3) is 5.37. The van der Waals surface area contributed by atoms with Gasteiger partial charge in [0.05, 0.1) is 26.2 Å². The summed E-state index contributed by atoms with van der Waals surface area (Å²) >= 11 is 1.67. The van der Waals surface area contributed by atoms with Gasteiger partial charge < -0.3 is 19.3 Å². The highest BCUT2D eigenvalue weighted by Crippen LogP contribution is 2.46. The van der Waals surface area contributed by atoms with Crippen LogP contribution in [0.4, 0.5) is 0 Å². The van der Waals surface area contributed by atoms with Gasteiger partial charge in [-0.1, -0.05) is 42.5 Å². The molecule has 39 heavy (non-hydrogen) atoms. The Morgan fingerprint density at radius 2 is 1.59 bits per heavy atom. The average molecular weight is 545 g/mol. The predicted octanol–water partition coefficient (Wildman–Crippen LogP) is 5.82. The largest absolute Gasteiger partial charge is 0.493 e. The molecule has 0 aliphatic carbocycles. The van der Waals surface area contributed by atoms with Crippen LogP contribution in [0, 0.1) is 5.92 Å². The van der Waals surface area contributed by atoms with E-state index in [-0.39, 0.29) is 11.8 Å². The predicted molar refractivity (Wildman–Crippen MR) is 155 cm³/mol. The number of likely N-dealkylation sites (N-methyl/N-ethyl adjacent to an activating group) is 1. The highest BCUT2D eigenvalue weighted by atomic mass is 32.2. The topological polar surface area (TPSA) is 59.1 Å². The number of carbonyl (C=O) groups is 2. The number of methoxy groups -OCH3 is 2. The monoisotopic (exact) mass is 544 g/mol. The second-order valence-corrected chi connectivity index (χ2v) is 11.2. The van der Waals surface area contributed by atoms with Crippen molar-refractivity contribution in [2.75, 3.05) is 40.6 Å². The number of ether oxygens (including phenoxy) is 2. The van der Waals surface area contributed by atoms with Gasteiger partial charge in [-0.05, 0) is 72.4 Å². The molecule has 0 spiro atoms. The fourth-order valence-electron chi connectivity index (χ4n) is 6.03. The molecule has 2 amide bonds. The van der Waals surface area contributed by atoms with Crippen molar-refractivity contribution in [2.45, 2.75) is 36.1 Å². The lowest BCUT2D eigenvalue weighted by Crippen LogP contribution is -2.48. The first-order valence-electron chi connectivity index (χ1n) is 13.4. The number of benzene rings is 3. The van der Waals surface area contributed by atoms with Gasteiger partial charge in [-0.25, -0.2) is 0 Å². The molecular formula is C32H36N2O4S. The van der Waals surface area contributed by atoms with E-state index in [0.717, 1.165) is 29.7 Å². The van der Waals surface area contributed by atoms with Crippen molar-refractivity contribution < 1.29 is 19.1 Å². The van der Waals surface area contributed by atoms with E-state index in [0.29, 0.717) is 41.6 Å². The third-order valence-electron chi connectivity index (χ3n) is 8.19. The van der Waals surface area contributed by atoms with Crippen LogP contribution in [-0.4, -0.2) is 62.2 Å². The van der Waals surface area contributed by atoms with Gasteiger partial charge in [0.2, 0.25) is 5.91 Å². The van der Waals surface area contributed by atoms with Gasteiger partial charge in [-0.15, -0.1) is 11.8 Å². The van der Waals surface area contributed by atoms with Crippen molar-refractivity contribution in [3.63, 3.8) is 0 Å². The molecule has 0 saturated carbocycles. The van der Waals surface area contributed by atoms with Crippen LogP contribution in [0.2, 0.25) is 0 Å². The maximum absolute atomic E-state index is 14.4. The maximum Gasteiger partial charge on any atom is 0.254 e. The number of amides is 2. The molecule has 2 atom stereocenters. The fraction of sp³-hybridized carbons (Fsp3) is 0.375. The Morgan fingerprint density at radius 1 is 0.949 bits per heavy atom. The van der Waals surface area contributed by atoms with Gasteiger partial charge in [-0.2, -0.15) is 0 Å². The molecule has 0 aromatic heterocycles. The molecule has 0 bridgehead atoms. The first-order valence-corrected chi connectivity index (χ1v) is 14.7. The summed E-state index contributed by atoms with van der Waals surface area (Å²) in [7, 11) is 4.93. The van der Waals surface area contributed by atoms with Crippen LogP contribution in [0.3, 0.4) is 0 Å². The van der Waals surface area contributed by atoms with E-state index in [2.05, 4.69) is 36.4 Å². The SMILES string of the molecule is COc1cc2c(cc1OC)[C@H](C(=O)N1CCC(Cc3ccccc3)CC1)[C@@H](c1ccc(SC)cc1)N(C)C2=O. The van der Waals surface area contributed by atoms with Crippen LogP contribution in [0.5, 0.6) is 11.5 Å². The first-order chi connectivity index (χ1) is 18.9. The van der Waals surface area contributed by atoms with Crippen LogP contribution >= 0.6 is 11.8 Å². The number of rotatable bonds is 7. The third-order valence-corrected chi connectivity index (χ3v) is 8.93. The zero-order valence-corrected chi connectivity index (χ0v) is 23.9. The lowest BCUT2D eigenvalue weighted by Gasteiger charge is -2.43. The molecule has 2 aliphatic rings. The molecule has 0 N–H and O–H groups in total. The lowest BCUT2D eigenvalue weighted by atomic mass is 9.78. The Labute approximate surface area is 235 Å². The van der Waals surface area contributed by atoms with Crippen molar-refractivity contribution in [3.8, 4) is 11.5 Å². The average Bonchev–Trinajstić information content (AvgIpc) is 2.99. The summed E-state index contributed by atoms with van der Waals surface area (Å²) in [6.07, 6.45) is 5.00. The standard InChI is InChI=1S/C32H36N2O4S/c1-33-30(23-10-12-24(39-4)13-11-23)29(25-19-27(37-2)28(38-3)20-26(25)31(33)35)32(36)34-16-14-22(15-17-34)18-21-8-6-5-7-9-21/h5-13,19-20,22,29-30H,14-18H2,1-4H3/t29-,30+/m0/s1. The zero-order valence-electron chi connectivity index (χ0n) is 23.1. The Balaban J connectivity index is 1.49. The van der Waals surface area contributed by atoms with E-state index in [4.69, 9.17) is 9.47 Å². The molecule has 1 saturated heterocycles. The van der Waals surface area contributed by atoms with Crippen LogP contribution in [-0.2, 0) is 11.2 Å². The number of carbonyl (C=O) groups excluding carboxylic acids is 2. The number of piperidine rings is 1. The van der Waals surface area contributed by atoms with E-state index in [1.165, 1.54) is 5.56 Å². The maximum atomic E-state index is 14.4. The molecule has 2 aliphatic heterocycles. The van der Waals surface area contributed by atoms with E-state index in [1.807, 2.05) is 35.4 Å². The molecular weight excluding hydrogens is 508 g/mol. The number of likely N-dealkylation sites (tertiary alicyclic amines) is 1. The Morgan fingerprint density at radius 3 is 2.21 bits per heavy atom. The number of thioether (sulfide) groups is 1. The molecule has 2 heterocycles. The van der Waals surface area contributed by atoms with Crippen LogP contribution < -0.4 is 9.47 Å². The van der Waals surface area contributed by atoms with Gasteiger partial charge >= 0.3 is 0 Å². The molecule has 1 fully saturated rings. The molecule has 0 unspecified atom stereocenters. The summed E-state index contributed by atoms with van der Waals surface area (Å²) in [5.41, 5.74) is 3.48. The summed E-state index contributed by atoms with van der Waals surface area (Å²) < 4.78 is 11.1. The van der Waals surface area contributed by atoms with Crippen molar-refractivity contribution in [1.82, 2.24) is 9.80 Å². The molecule has 6 nitrogen and oxygen atoms in total. The lowest BCUT2D eigenvalue weighted by molar-refractivity contribution is -0.136. The molecule has 204 valence electrons. The van der Waals surface area contributed by atoms with Crippen LogP contribution in [0.15, 0.2) is 71.6 Å². The van der Waals surface area contributed by atoms with Crippen molar-refractivity contribution in [1.29, 1.82) is 0 Å². The van der Waals surface area contributed by atoms with Crippen LogP contribution in [0.1, 0.15) is 51.8 Å². The smallest absolute Gasteiger partial charge is 0.254 e. The molecule has 3 aromatic rings. The summed E-state index contributed by atoms with van der Waals surface area (Å²) in [6.45, 7) is 1.43. The number of hydrogen-bond donors (Lipinski definition) is 0. The zero-order chi connectivity index (χ0) is 27.5. The van der Waals surface area contributed by atoms with Gasteiger partial charge in [-0.3, -0.25) is 9.59 Å². The first kappa shape index (κ1) is 27.1. The fourth-order valence-corrected chi connectivity index (χ4v) is 6.44. The summed E-state index contributed by atoms with van der Waals surface area (Å²) in [5.74, 6) is 0.931. The number of nitrogens with zero attached hydrogens (tertiary/aromatic N) is 2. The summed E-state index contributed by atoms with van der Waals surface area (Å²) in [6, 6.07) is 21.9. The molecule has 7 heteroatoms. The minimum Gasteiger partial charge on any atom is -0.493 e. The van der Waals surface area contributed by atoms with E-state index in [9.17, 15) is 9.59 Å². The minimum atomic E-state index is -0.548. The van der Waals surface area contributed by atoms with Crippen molar-refractivity contribution in [2.24, 2.45) is 5.92 Å². The Hall–Kier alpha value is -3.45. The van der Waals surface area contributed by atoms with Gasteiger partial charge in [0.15, 0.2) is 11.5 Å². The summed E-state index contributed by atoms with van der Waals surface area (Å²) in [4.78, 5) is 32.9. The van der Waals surface area contributed by atoms with Gasteiger partial charge in [0.25, 0.3) is 5.91 Å².